The van der Waals surface area contributed by atoms with Crippen LogP contribution in [0.15, 0.2) is 36.3 Å². The van der Waals surface area contributed by atoms with E-state index in [0.717, 1.165) is 62.4 Å². The quantitative estimate of drug-likeness (QED) is 0.740. The maximum absolute atomic E-state index is 12.9. The first-order valence-electron chi connectivity index (χ1n) is 12.2. The molecule has 5 rings (SSSR count). The second-order valence-electron chi connectivity index (χ2n) is 9.18. The van der Waals surface area contributed by atoms with E-state index in [0.29, 0.717) is 25.3 Å². The largest absolute Gasteiger partial charge is 0.381 e. The maximum atomic E-state index is 12.9. The lowest BCUT2D eigenvalue weighted by molar-refractivity contribution is -0.139. The molecule has 1 aromatic rings. The minimum absolute atomic E-state index is 0.0942. The van der Waals surface area contributed by atoms with E-state index in [1.807, 2.05) is 30.2 Å². The maximum Gasteiger partial charge on any atom is 0.255 e. The fourth-order valence-corrected chi connectivity index (χ4v) is 5.16. The number of allylic oxidation sites excluding steroid dienone is 1. The number of pyridine rings is 1. The number of rotatable bonds is 5. The summed E-state index contributed by atoms with van der Waals surface area (Å²) >= 11 is 0. The minimum Gasteiger partial charge on any atom is -0.381 e. The minimum atomic E-state index is -0.166. The average Bonchev–Trinajstić information content (AvgIpc) is 2.87. The number of hydrogen-bond donors (Lipinski definition) is 1. The summed E-state index contributed by atoms with van der Waals surface area (Å²) in [7, 11) is 0. The molecule has 8 nitrogen and oxygen atoms in total. The first kappa shape index (κ1) is 22.1. The Balaban J connectivity index is 1.32. The van der Waals surface area contributed by atoms with Crippen molar-refractivity contribution >= 4 is 17.6 Å². The van der Waals surface area contributed by atoms with E-state index in [1.165, 1.54) is 6.42 Å². The number of anilines is 1. The Morgan fingerprint density at radius 1 is 1.21 bits per heavy atom. The van der Waals surface area contributed by atoms with Crippen molar-refractivity contribution in [2.45, 2.75) is 45.2 Å². The second kappa shape index (κ2) is 9.65. The SMILES string of the molecule is CCOCC1CNC2C=C(N3CCCc4cc(C(=O)N5CCCCC5)cnc43)C=CN2C1=O. The van der Waals surface area contributed by atoms with Gasteiger partial charge in [-0.25, -0.2) is 4.98 Å². The number of piperidine rings is 1. The normalized spacial score (nSPS) is 24.9. The number of nitrogens with one attached hydrogen (secondary N) is 1. The van der Waals surface area contributed by atoms with Crippen molar-refractivity contribution in [3.63, 3.8) is 0 Å². The van der Waals surface area contributed by atoms with E-state index in [9.17, 15) is 9.59 Å². The topological polar surface area (TPSA) is 78.0 Å². The van der Waals surface area contributed by atoms with Gasteiger partial charge in [-0.1, -0.05) is 0 Å². The van der Waals surface area contributed by atoms with E-state index in [-0.39, 0.29) is 23.9 Å². The first-order chi connectivity index (χ1) is 16.2. The fraction of sp³-hybridized carbons (Fsp3) is 0.560. The Bertz CT molecular complexity index is 969. The van der Waals surface area contributed by atoms with E-state index in [1.54, 1.807) is 11.1 Å². The van der Waals surface area contributed by atoms with Gasteiger partial charge in [0.15, 0.2) is 0 Å². The van der Waals surface area contributed by atoms with E-state index < -0.39 is 0 Å². The summed E-state index contributed by atoms with van der Waals surface area (Å²) in [6.45, 7) is 6.15. The summed E-state index contributed by atoms with van der Waals surface area (Å²) in [5.41, 5.74) is 2.84. The summed E-state index contributed by atoms with van der Waals surface area (Å²) in [4.78, 5) is 36.5. The molecule has 0 spiro atoms. The van der Waals surface area contributed by atoms with Crippen LogP contribution < -0.4 is 10.2 Å². The Hall–Kier alpha value is -2.71. The molecule has 2 atom stereocenters. The number of aryl methyl sites for hydroxylation is 1. The zero-order valence-corrected chi connectivity index (χ0v) is 19.3. The molecule has 0 aliphatic carbocycles. The number of amides is 2. The van der Waals surface area contributed by atoms with Gasteiger partial charge in [0.25, 0.3) is 5.91 Å². The third-order valence-corrected chi connectivity index (χ3v) is 6.96. The van der Waals surface area contributed by atoms with Crippen molar-refractivity contribution in [1.82, 2.24) is 20.1 Å². The second-order valence-corrected chi connectivity index (χ2v) is 9.18. The van der Waals surface area contributed by atoms with Crippen LogP contribution in [0.5, 0.6) is 0 Å². The zero-order valence-electron chi connectivity index (χ0n) is 19.3. The van der Waals surface area contributed by atoms with Crippen molar-refractivity contribution in [2.24, 2.45) is 5.92 Å². The molecule has 0 aromatic carbocycles. The number of hydrogen-bond acceptors (Lipinski definition) is 6. The van der Waals surface area contributed by atoms with E-state index >= 15 is 0 Å². The molecular weight excluding hydrogens is 418 g/mol. The Kier molecular flexibility index (Phi) is 6.46. The molecule has 1 N–H and O–H groups in total. The van der Waals surface area contributed by atoms with Gasteiger partial charge in [-0.15, -0.1) is 0 Å². The van der Waals surface area contributed by atoms with Crippen LogP contribution in [0.4, 0.5) is 5.82 Å². The highest BCUT2D eigenvalue weighted by Crippen LogP contribution is 2.31. The lowest BCUT2D eigenvalue weighted by Gasteiger charge is -2.40. The molecule has 4 aliphatic rings. The van der Waals surface area contributed by atoms with Crippen LogP contribution in [0.1, 0.15) is 48.5 Å². The third-order valence-electron chi connectivity index (χ3n) is 6.96. The molecule has 2 amide bonds. The molecule has 0 bridgehead atoms. The Morgan fingerprint density at radius 3 is 2.88 bits per heavy atom. The number of likely N-dealkylation sites (tertiary alicyclic amines) is 1. The van der Waals surface area contributed by atoms with Crippen molar-refractivity contribution < 1.29 is 14.3 Å². The standard InChI is InChI=1S/C25H33N5O3/c1-2-33-17-20-16-26-22-14-21(8-12-30(22)25(20)32)29-11-6-7-18-13-19(15-27-23(18)29)24(31)28-9-4-3-5-10-28/h8,12-15,20,22,26H,2-7,9-11,16-17H2,1H3. The third kappa shape index (κ3) is 4.42. The van der Waals surface area contributed by atoms with E-state index in [2.05, 4.69) is 16.3 Å². The summed E-state index contributed by atoms with van der Waals surface area (Å²) in [6.07, 6.45) is 12.8. The average molecular weight is 452 g/mol. The predicted octanol–water partition coefficient (Wildman–Crippen LogP) is 2.28. The molecule has 8 heteroatoms. The molecule has 2 unspecified atom stereocenters. The van der Waals surface area contributed by atoms with Gasteiger partial charge in [-0.2, -0.15) is 0 Å². The van der Waals surface area contributed by atoms with Gasteiger partial charge in [-0.3, -0.25) is 19.8 Å². The molecule has 5 heterocycles. The van der Waals surface area contributed by atoms with Crippen molar-refractivity contribution in [3.05, 3.63) is 47.4 Å². The van der Waals surface area contributed by atoms with Gasteiger partial charge < -0.3 is 14.5 Å². The van der Waals surface area contributed by atoms with Gasteiger partial charge in [0.05, 0.1) is 18.1 Å². The van der Waals surface area contributed by atoms with Crippen LogP contribution in [0.2, 0.25) is 0 Å². The van der Waals surface area contributed by atoms with Gasteiger partial charge in [0, 0.05) is 50.9 Å². The summed E-state index contributed by atoms with van der Waals surface area (Å²) in [6, 6.07) is 2.03. The Morgan fingerprint density at radius 2 is 2.06 bits per heavy atom. The molecule has 4 aliphatic heterocycles. The van der Waals surface area contributed by atoms with Crippen molar-refractivity contribution in [3.8, 4) is 0 Å². The van der Waals surface area contributed by atoms with Crippen LogP contribution in [-0.2, 0) is 16.0 Å². The van der Waals surface area contributed by atoms with Crippen LogP contribution in [0.25, 0.3) is 0 Å². The highest BCUT2D eigenvalue weighted by molar-refractivity contribution is 5.94. The summed E-state index contributed by atoms with van der Waals surface area (Å²) in [5, 5.41) is 3.46. The van der Waals surface area contributed by atoms with Gasteiger partial charge in [0.2, 0.25) is 5.91 Å². The van der Waals surface area contributed by atoms with Crippen LogP contribution in [-0.4, -0.2) is 72.2 Å². The molecule has 1 aromatic heterocycles. The summed E-state index contributed by atoms with van der Waals surface area (Å²) < 4.78 is 5.47. The smallest absolute Gasteiger partial charge is 0.255 e. The number of fused-ring (bicyclic) bond motifs is 2. The van der Waals surface area contributed by atoms with Crippen molar-refractivity contribution in [1.29, 1.82) is 0 Å². The molecule has 0 radical (unpaired) electrons. The molecule has 2 fully saturated rings. The van der Waals surface area contributed by atoms with E-state index in [4.69, 9.17) is 9.72 Å². The zero-order chi connectivity index (χ0) is 22.8. The number of ether oxygens (including phenoxy) is 1. The number of nitrogens with zero attached hydrogens (tertiary/aromatic N) is 4. The lowest BCUT2D eigenvalue weighted by Crippen LogP contribution is -2.57. The van der Waals surface area contributed by atoms with Crippen LogP contribution >= 0.6 is 0 Å². The molecule has 0 saturated carbocycles. The fourth-order valence-electron chi connectivity index (χ4n) is 5.16. The predicted molar refractivity (Wildman–Crippen MR) is 126 cm³/mol. The lowest BCUT2D eigenvalue weighted by atomic mass is 10.0. The Labute approximate surface area is 195 Å². The number of carbonyl (C=O) groups is 2. The molecule has 176 valence electrons. The molecule has 2 saturated heterocycles. The van der Waals surface area contributed by atoms with Gasteiger partial charge >= 0.3 is 0 Å². The van der Waals surface area contributed by atoms with Gasteiger partial charge in [0.1, 0.15) is 12.0 Å². The van der Waals surface area contributed by atoms with Gasteiger partial charge in [-0.05, 0) is 62.8 Å². The monoisotopic (exact) mass is 451 g/mol. The van der Waals surface area contributed by atoms with Crippen molar-refractivity contribution in [2.75, 3.05) is 44.3 Å². The highest BCUT2D eigenvalue weighted by atomic mass is 16.5. The molecule has 33 heavy (non-hydrogen) atoms. The first-order valence-corrected chi connectivity index (χ1v) is 12.2. The summed E-state index contributed by atoms with van der Waals surface area (Å²) in [5.74, 6) is 0.948. The highest BCUT2D eigenvalue weighted by Gasteiger charge is 2.35. The number of aromatic nitrogens is 1. The molecular formula is C25H33N5O3. The van der Waals surface area contributed by atoms with Crippen LogP contribution in [0, 0.1) is 5.92 Å². The van der Waals surface area contributed by atoms with Crippen LogP contribution in [0.3, 0.4) is 0 Å². The number of carbonyl (C=O) groups excluding carboxylic acids is 2.